The van der Waals surface area contributed by atoms with Crippen molar-refractivity contribution in [2.24, 2.45) is 0 Å². The maximum Gasteiger partial charge on any atom is 0.416 e. The average molecular weight is 607 g/mol. The predicted molar refractivity (Wildman–Crippen MR) is 150 cm³/mol. The summed E-state index contributed by atoms with van der Waals surface area (Å²) in [4.78, 5) is 23.8. The number of hydrogen-bond donors (Lipinski definition) is 2. The number of anilines is 1. The maximum absolute atomic E-state index is 13.0. The number of amides is 1. The van der Waals surface area contributed by atoms with Crippen molar-refractivity contribution in [1.29, 1.82) is 0 Å². The third-order valence-electron chi connectivity index (χ3n) is 7.31. The SMILES string of the molecule is CCOC[C@@H]1CC(c2ccc(C(F)(F)F)cc2)CN1c1ncc(C(=O)N[C@@H](CO)c2ccc(S(=O)(=O)CC)cc2)cn1. The zero-order valence-electron chi connectivity index (χ0n) is 23.2. The van der Waals surface area contributed by atoms with Gasteiger partial charge in [0.05, 0.1) is 47.1 Å². The lowest BCUT2D eigenvalue weighted by molar-refractivity contribution is -0.137. The van der Waals surface area contributed by atoms with Gasteiger partial charge >= 0.3 is 6.18 Å². The molecule has 1 saturated heterocycles. The first-order chi connectivity index (χ1) is 20.0. The van der Waals surface area contributed by atoms with E-state index in [1.54, 1.807) is 19.1 Å². The number of aliphatic hydroxyl groups excluding tert-OH is 1. The first-order valence-corrected chi connectivity index (χ1v) is 15.2. The first-order valence-electron chi connectivity index (χ1n) is 13.5. The second-order valence-corrected chi connectivity index (χ2v) is 12.2. The van der Waals surface area contributed by atoms with Crippen molar-refractivity contribution in [3.05, 3.63) is 83.2 Å². The van der Waals surface area contributed by atoms with Crippen molar-refractivity contribution >= 4 is 21.7 Å². The fourth-order valence-electron chi connectivity index (χ4n) is 4.90. The van der Waals surface area contributed by atoms with Gasteiger partial charge in [0.2, 0.25) is 5.95 Å². The van der Waals surface area contributed by atoms with Crippen LogP contribution in [0.4, 0.5) is 19.1 Å². The van der Waals surface area contributed by atoms with Gasteiger partial charge in [-0.25, -0.2) is 18.4 Å². The van der Waals surface area contributed by atoms with Crippen molar-refractivity contribution < 1.29 is 36.2 Å². The minimum atomic E-state index is -4.40. The number of carbonyl (C=O) groups excluding carboxylic acids is 1. The monoisotopic (exact) mass is 606 g/mol. The minimum absolute atomic E-state index is 0.0397. The van der Waals surface area contributed by atoms with Gasteiger partial charge in [-0.3, -0.25) is 4.79 Å². The van der Waals surface area contributed by atoms with Crippen molar-refractivity contribution in [3.8, 4) is 0 Å². The molecule has 0 spiro atoms. The zero-order chi connectivity index (χ0) is 30.5. The Bertz CT molecular complexity index is 1450. The summed E-state index contributed by atoms with van der Waals surface area (Å²) in [6, 6.07) is 10.2. The summed E-state index contributed by atoms with van der Waals surface area (Å²) in [5.74, 6) is -0.270. The van der Waals surface area contributed by atoms with E-state index in [0.717, 1.165) is 17.7 Å². The summed E-state index contributed by atoms with van der Waals surface area (Å²) in [7, 11) is -3.38. The highest BCUT2D eigenvalue weighted by Gasteiger charge is 2.36. The molecule has 1 aliphatic heterocycles. The van der Waals surface area contributed by atoms with Crippen LogP contribution in [0.25, 0.3) is 0 Å². The smallest absolute Gasteiger partial charge is 0.394 e. The summed E-state index contributed by atoms with van der Waals surface area (Å²) in [6.07, 6.45) is -1.04. The molecule has 1 aromatic heterocycles. The van der Waals surface area contributed by atoms with Crippen molar-refractivity contribution in [2.75, 3.05) is 37.0 Å². The number of benzene rings is 2. The molecule has 1 unspecified atom stereocenters. The lowest BCUT2D eigenvalue weighted by atomic mass is 9.95. The van der Waals surface area contributed by atoms with Crippen LogP contribution in [-0.4, -0.2) is 67.6 Å². The van der Waals surface area contributed by atoms with Crippen LogP contribution in [0.15, 0.2) is 65.8 Å². The van der Waals surface area contributed by atoms with E-state index in [-0.39, 0.29) is 28.2 Å². The summed E-state index contributed by atoms with van der Waals surface area (Å²) < 4.78 is 68.8. The van der Waals surface area contributed by atoms with Crippen LogP contribution in [0.3, 0.4) is 0 Å². The predicted octanol–water partition coefficient (Wildman–Crippen LogP) is 4.15. The maximum atomic E-state index is 13.0. The van der Waals surface area contributed by atoms with Crippen LogP contribution in [0.1, 0.15) is 59.3 Å². The standard InChI is InChI=1S/C29H33F3N4O5S/c1-3-41-18-24-13-21(19-5-9-23(10-6-19)29(30,31)32)16-36(24)28-33-14-22(15-34-28)27(38)35-26(17-37)20-7-11-25(12-8-20)42(39,40)4-2/h5-12,14-15,21,24,26,37H,3-4,13,16-18H2,1-2H3,(H,35,38)/t21?,24-,26-/m0/s1. The van der Waals surface area contributed by atoms with Gasteiger partial charge in [-0.05, 0) is 48.7 Å². The molecular weight excluding hydrogens is 573 g/mol. The highest BCUT2D eigenvalue weighted by atomic mass is 32.2. The highest BCUT2D eigenvalue weighted by molar-refractivity contribution is 7.91. The molecule has 2 aromatic carbocycles. The minimum Gasteiger partial charge on any atom is -0.394 e. The Morgan fingerprint density at radius 3 is 2.29 bits per heavy atom. The largest absolute Gasteiger partial charge is 0.416 e. The molecule has 226 valence electrons. The molecule has 1 fully saturated rings. The Hall–Kier alpha value is -3.55. The Balaban J connectivity index is 1.46. The number of aromatic nitrogens is 2. The number of rotatable bonds is 11. The van der Waals surface area contributed by atoms with Gasteiger partial charge < -0.3 is 20.1 Å². The van der Waals surface area contributed by atoms with Gasteiger partial charge in [0.25, 0.3) is 5.91 Å². The normalized spacial score (nSPS) is 18.2. The lowest BCUT2D eigenvalue weighted by Crippen LogP contribution is -2.35. The highest BCUT2D eigenvalue weighted by Crippen LogP contribution is 2.36. The molecule has 9 nitrogen and oxygen atoms in total. The molecule has 1 aliphatic rings. The molecule has 0 saturated carbocycles. The molecule has 2 heterocycles. The molecule has 42 heavy (non-hydrogen) atoms. The quantitative estimate of drug-likeness (QED) is 0.334. The van der Waals surface area contributed by atoms with Gasteiger partial charge in [-0.15, -0.1) is 0 Å². The van der Waals surface area contributed by atoms with Crippen molar-refractivity contribution in [3.63, 3.8) is 0 Å². The van der Waals surface area contributed by atoms with Gasteiger partial charge in [0, 0.05) is 31.5 Å². The number of alkyl halides is 3. The van der Waals surface area contributed by atoms with Gasteiger partial charge in [-0.1, -0.05) is 31.2 Å². The Labute approximate surface area is 242 Å². The van der Waals surface area contributed by atoms with Crippen LogP contribution < -0.4 is 10.2 Å². The third kappa shape index (κ3) is 7.26. The number of sulfone groups is 1. The second-order valence-electron chi connectivity index (χ2n) is 9.97. The molecule has 0 bridgehead atoms. The van der Waals surface area contributed by atoms with E-state index >= 15 is 0 Å². The van der Waals surface area contributed by atoms with Crippen molar-refractivity contribution in [2.45, 2.75) is 49.3 Å². The van der Waals surface area contributed by atoms with E-state index in [0.29, 0.717) is 37.7 Å². The van der Waals surface area contributed by atoms with E-state index in [1.165, 1.54) is 36.7 Å². The Kier molecular flexibility index (Phi) is 9.85. The topological polar surface area (TPSA) is 122 Å². The van der Waals surface area contributed by atoms with Crippen LogP contribution >= 0.6 is 0 Å². The van der Waals surface area contributed by atoms with Gasteiger partial charge in [-0.2, -0.15) is 13.2 Å². The van der Waals surface area contributed by atoms with E-state index in [1.807, 2.05) is 11.8 Å². The third-order valence-corrected chi connectivity index (χ3v) is 9.06. The van der Waals surface area contributed by atoms with Crippen molar-refractivity contribution in [1.82, 2.24) is 15.3 Å². The van der Waals surface area contributed by atoms with E-state index < -0.39 is 40.1 Å². The van der Waals surface area contributed by atoms with E-state index in [9.17, 15) is 31.5 Å². The second kappa shape index (κ2) is 13.2. The van der Waals surface area contributed by atoms with Gasteiger partial charge in [0.15, 0.2) is 9.84 Å². The first kappa shape index (κ1) is 31.4. The zero-order valence-corrected chi connectivity index (χ0v) is 24.0. The molecule has 4 rings (SSSR count). The van der Waals surface area contributed by atoms with Crippen LogP contribution in [0.5, 0.6) is 0 Å². The Morgan fingerprint density at radius 1 is 1.10 bits per heavy atom. The molecule has 0 aliphatic carbocycles. The number of carbonyl (C=O) groups is 1. The summed E-state index contributed by atoms with van der Waals surface area (Å²) in [5, 5.41) is 12.6. The summed E-state index contributed by atoms with van der Waals surface area (Å²) >= 11 is 0. The molecule has 3 atom stereocenters. The van der Waals surface area contributed by atoms with E-state index in [2.05, 4.69) is 15.3 Å². The summed E-state index contributed by atoms with van der Waals surface area (Å²) in [5.41, 5.74) is 0.762. The molecule has 13 heteroatoms. The Morgan fingerprint density at radius 2 is 1.74 bits per heavy atom. The molecule has 0 radical (unpaired) electrons. The number of hydrogen-bond acceptors (Lipinski definition) is 8. The van der Waals surface area contributed by atoms with E-state index in [4.69, 9.17) is 4.74 Å². The number of nitrogens with one attached hydrogen (secondary N) is 1. The molecular formula is C29H33F3N4O5S. The number of aliphatic hydroxyl groups is 1. The molecule has 1 amide bonds. The number of nitrogens with zero attached hydrogens (tertiary/aromatic N) is 3. The molecule has 2 N–H and O–H groups in total. The number of ether oxygens (including phenoxy) is 1. The number of halogens is 3. The molecule has 3 aromatic rings. The van der Waals surface area contributed by atoms with Crippen LogP contribution in [0, 0.1) is 0 Å². The fraction of sp³-hybridized carbons (Fsp3) is 0.414. The average Bonchev–Trinajstić information content (AvgIpc) is 3.42. The van der Waals surface area contributed by atoms with Gasteiger partial charge in [0.1, 0.15) is 0 Å². The lowest BCUT2D eigenvalue weighted by Gasteiger charge is -2.24. The van der Waals surface area contributed by atoms with Crippen LogP contribution in [0.2, 0.25) is 0 Å². The fourth-order valence-corrected chi connectivity index (χ4v) is 5.78. The van der Waals surface area contributed by atoms with Crippen LogP contribution in [-0.2, 0) is 20.8 Å². The summed E-state index contributed by atoms with van der Waals surface area (Å²) in [6.45, 7) is 4.35.